The zero-order chi connectivity index (χ0) is 23.7. The molecule has 0 radical (unpaired) electrons. The predicted molar refractivity (Wildman–Crippen MR) is 138 cm³/mol. The summed E-state index contributed by atoms with van der Waals surface area (Å²) in [6.07, 6.45) is 1.63. The average Bonchev–Trinajstić information content (AvgIpc) is 2.85. The Bertz CT molecular complexity index is 1460. The van der Waals surface area contributed by atoms with E-state index in [2.05, 4.69) is 5.32 Å². The minimum Gasteiger partial charge on any atom is -0.457 e. The summed E-state index contributed by atoms with van der Waals surface area (Å²) in [6, 6.07) is 28.2. The summed E-state index contributed by atoms with van der Waals surface area (Å²) < 4.78 is 5.82. The van der Waals surface area contributed by atoms with Gasteiger partial charge in [-0.2, -0.15) is 0 Å². The van der Waals surface area contributed by atoms with Gasteiger partial charge in [0.25, 0.3) is 11.8 Å². The predicted octanol–water partition coefficient (Wildman–Crippen LogP) is 5.77. The number of carbonyl (C=O) groups excluding carboxylic acids is 2. The van der Waals surface area contributed by atoms with Gasteiger partial charge in [0.2, 0.25) is 0 Å². The fraction of sp³-hybridized carbons (Fsp3) is 0.0357. The maximum atomic E-state index is 13.4. The van der Waals surface area contributed by atoms with Crippen LogP contribution in [0.4, 0.5) is 5.69 Å². The Morgan fingerprint density at radius 2 is 1.44 bits per heavy atom. The maximum absolute atomic E-state index is 13.4. The van der Waals surface area contributed by atoms with Crippen LogP contribution in [0.1, 0.15) is 11.1 Å². The van der Waals surface area contributed by atoms with E-state index in [0.29, 0.717) is 17.2 Å². The van der Waals surface area contributed by atoms with Gasteiger partial charge in [-0.15, -0.1) is 0 Å². The van der Waals surface area contributed by atoms with E-state index in [1.807, 2.05) is 73.7 Å². The van der Waals surface area contributed by atoms with Crippen molar-refractivity contribution in [3.63, 3.8) is 0 Å². The second kappa shape index (κ2) is 8.92. The van der Waals surface area contributed by atoms with Gasteiger partial charge in [0.1, 0.15) is 17.1 Å². The average molecular weight is 465 g/mol. The molecule has 34 heavy (non-hydrogen) atoms. The van der Waals surface area contributed by atoms with Crippen molar-refractivity contribution in [3.8, 4) is 11.5 Å². The highest BCUT2D eigenvalue weighted by molar-refractivity contribution is 7.80. The molecule has 0 atom stereocenters. The van der Waals surface area contributed by atoms with E-state index in [1.54, 1.807) is 30.3 Å². The second-order valence-electron chi connectivity index (χ2n) is 7.88. The van der Waals surface area contributed by atoms with E-state index in [4.69, 9.17) is 17.0 Å². The molecule has 5 nitrogen and oxygen atoms in total. The van der Waals surface area contributed by atoms with Crippen LogP contribution < -0.4 is 15.0 Å². The zero-order valence-electron chi connectivity index (χ0n) is 18.3. The number of fused-ring (bicyclic) bond motifs is 1. The third kappa shape index (κ3) is 4.07. The molecule has 1 heterocycles. The van der Waals surface area contributed by atoms with Crippen LogP contribution in [0.2, 0.25) is 0 Å². The fourth-order valence-corrected chi connectivity index (χ4v) is 4.22. The Labute approximate surface area is 202 Å². The number of hydrogen-bond donors (Lipinski definition) is 1. The molecule has 5 rings (SSSR count). The quantitative estimate of drug-likeness (QED) is 0.237. The van der Waals surface area contributed by atoms with Gasteiger partial charge in [0.05, 0.1) is 5.69 Å². The molecule has 1 aliphatic rings. The molecule has 0 spiro atoms. The van der Waals surface area contributed by atoms with Crippen molar-refractivity contribution < 1.29 is 14.3 Å². The van der Waals surface area contributed by atoms with Gasteiger partial charge in [0.15, 0.2) is 5.11 Å². The number of ether oxygens (including phenoxy) is 1. The topological polar surface area (TPSA) is 58.6 Å². The van der Waals surface area contributed by atoms with Gasteiger partial charge in [-0.25, -0.2) is 0 Å². The minimum absolute atomic E-state index is 0.0206. The molecule has 1 aliphatic heterocycles. The lowest BCUT2D eigenvalue weighted by Gasteiger charge is -2.29. The maximum Gasteiger partial charge on any atom is 0.270 e. The van der Waals surface area contributed by atoms with Crippen LogP contribution in [0, 0.1) is 6.92 Å². The highest BCUT2D eigenvalue weighted by Crippen LogP contribution is 2.29. The van der Waals surface area contributed by atoms with Crippen molar-refractivity contribution in [1.29, 1.82) is 0 Å². The second-order valence-corrected chi connectivity index (χ2v) is 8.27. The number of nitrogens with one attached hydrogen (secondary N) is 1. The van der Waals surface area contributed by atoms with E-state index < -0.39 is 11.8 Å². The smallest absolute Gasteiger partial charge is 0.270 e. The van der Waals surface area contributed by atoms with Gasteiger partial charge < -0.3 is 4.74 Å². The first-order valence-corrected chi connectivity index (χ1v) is 11.1. The summed E-state index contributed by atoms with van der Waals surface area (Å²) in [5.74, 6) is 0.342. The van der Waals surface area contributed by atoms with E-state index in [0.717, 1.165) is 21.9 Å². The molecule has 166 valence electrons. The van der Waals surface area contributed by atoms with Crippen molar-refractivity contribution in [1.82, 2.24) is 5.32 Å². The fourth-order valence-electron chi connectivity index (χ4n) is 3.93. The molecule has 0 bridgehead atoms. The van der Waals surface area contributed by atoms with Crippen molar-refractivity contribution in [2.75, 3.05) is 4.90 Å². The molecule has 6 heteroatoms. The third-order valence-electron chi connectivity index (χ3n) is 5.65. The van der Waals surface area contributed by atoms with Crippen molar-refractivity contribution >= 4 is 51.7 Å². The minimum atomic E-state index is -0.514. The molecule has 1 N–H and O–H groups in total. The lowest BCUT2D eigenvalue weighted by atomic mass is 9.98. The monoisotopic (exact) mass is 464 g/mol. The Morgan fingerprint density at radius 3 is 2.18 bits per heavy atom. The number of carbonyl (C=O) groups is 2. The number of anilines is 1. The number of thiocarbonyl (C=S) groups is 1. The summed E-state index contributed by atoms with van der Waals surface area (Å²) >= 11 is 5.33. The van der Waals surface area contributed by atoms with Crippen molar-refractivity contribution in [2.45, 2.75) is 6.92 Å². The molecule has 1 saturated heterocycles. The molecular formula is C28H20N2O3S. The van der Waals surface area contributed by atoms with Crippen LogP contribution in [-0.2, 0) is 9.59 Å². The molecule has 0 aromatic heterocycles. The summed E-state index contributed by atoms with van der Waals surface area (Å²) in [6.45, 7) is 2.03. The van der Waals surface area contributed by atoms with Gasteiger partial charge in [-0.3, -0.25) is 19.8 Å². The lowest BCUT2D eigenvalue weighted by molar-refractivity contribution is -0.122. The molecule has 4 aromatic carbocycles. The largest absolute Gasteiger partial charge is 0.457 e. The van der Waals surface area contributed by atoms with Crippen LogP contribution in [0.5, 0.6) is 11.5 Å². The molecule has 4 aromatic rings. The molecule has 1 fully saturated rings. The Hall–Kier alpha value is -4.29. The lowest BCUT2D eigenvalue weighted by Crippen LogP contribution is -2.54. The highest BCUT2D eigenvalue weighted by atomic mass is 32.1. The summed E-state index contributed by atoms with van der Waals surface area (Å²) in [7, 11) is 0. The molecule has 0 saturated carbocycles. The van der Waals surface area contributed by atoms with Crippen molar-refractivity contribution in [2.24, 2.45) is 0 Å². The summed E-state index contributed by atoms with van der Waals surface area (Å²) in [4.78, 5) is 27.5. The first-order valence-electron chi connectivity index (χ1n) is 10.7. The van der Waals surface area contributed by atoms with Gasteiger partial charge in [-0.05, 0) is 83.5 Å². The summed E-state index contributed by atoms with van der Waals surface area (Å²) in [5, 5.41) is 4.72. The standard InChI is InChI=1S/C28H20N2O3S/c1-18-11-12-19(24-10-6-5-9-23(18)24)17-25-26(31)29-28(34)30(27(25)32)20-13-15-22(16-14-20)33-21-7-3-2-4-8-21/h2-17H,1H3,(H,29,31,34)/b25-17+. The van der Waals surface area contributed by atoms with Crippen molar-refractivity contribution in [3.05, 3.63) is 108 Å². The van der Waals surface area contributed by atoms with E-state index in [-0.39, 0.29) is 10.7 Å². The Morgan fingerprint density at radius 1 is 0.794 bits per heavy atom. The number of para-hydroxylation sites is 1. The van der Waals surface area contributed by atoms with Gasteiger partial charge in [0, 0.05) is 0 Å². The van der Waals surface area contributed by atoms with Gasteiger partial charge >= 0.3 is 0 Å². The normalized spacial score (nSPS) is 15.0. The number of amides is 2. The molecule has 2 amide bonds. The molecule has 0 unspecified atom stereocenters. The summed E-state index contributed by atoms with van der Waals surface area (Å²) in [5.41, 5.74) is 2.47. The molecule has 0 aliphatic carbocycles. The number of rotatable bonds is 4. The van der Waals surface area contributed by atoms with Crippen LogP contribution >= 0.6 is 12.2 Å². The van der Waals surface area contributed by atoms with Crippen LogP contribution in [0.15, 0.2) is 96.6 Å². The van der Waals surface area contributed by atoms with E-state index in [9.17, 15) is 9.59 Å². The molecular weight excluding hydrogens is 444 g/mol. The zero-order valence-corrected chi connectivity index (χ0v) is 19.1. The van der Waals surface area contributed by atoms with Crippen LogP contribution in [0.3, 0.4) is 0 Å². The van der Waals surface area contributed by atoms with E-state index >= 15 is 0 Å². The Balaban J connectivity index is 1.47. The number of hydrogen-bond acceptors (Lipinski definition) is 4. The first kappa shape index (κ1) is 21.6. The van der Waals surface area contributed by atoms with Crippen LogP contribution in [0.25, 0.3) is 16.8 Å². The first-order chi connectivity index (χ1) is 16.5. The number of benzene rings is 4. The number of aryl methyl sites for hydroxylation is 1. The van der Waals surface area contributed by atoms with Gasteiger partial charge in [-0.1, -0.05) is 54.6 Å². The SMILES string of the molecule is Cc1ccc(/C=C2\C(=O)NC(=S)N(c3ccc(Oc4ccccc4)cc3)C2=O)c2ccccc12. The van der Waals surface area contributed by atoms with Crippen LogP contribution in [-0.4, -0.2) is 16.9 Å². The third-order valence-corrected chi connectivity index (χ3v) is 5.94. The number of nitrogens with zero attached hydrogens (tertiary/aromatic N) is 1. The highest BCUT2D eigenvalue weighted by Gasteiger charge is 2.34. The Kier molecular flexibility index (Phi) is 5.65. The van der Waals surface area contributed by atoms with E-state index in [1.165, 1.54) is 4.90 Å².